The molecule has 0 bridgehead atoms. The van der Waals surface area contributed by atoms with Crippen LogP contribution in [0.4, 0.5) is 0 Å². The van der Waals surface area contributed by atoms with Crippen molar-refractivity contribution in [1.29, 1.82) is 5.26 Å². The van der Waals surface area contributed by atoms with Crippen LogP contribution in [0.3, 0.4) is 0 Å². The van der Waals surface area contributed by atoms with Gasteiger partial charge in [0.2, 0.25) is 0 Å². The third-order valence-electron chi connectivity index (χ3n) is 1.51. The first-order valence-corrected chi connectivity index (χ1v) is 4.02. The lowest BCUT2D eigenvalue weighted by atomic mass is 9.97. The lowest BCUT2D eigenvalue weighted by Crippen LogP contribution is -2.18. The molecule has 0 saturated heterocycles. The smallest absolute Gasteiger partial charge is 0.0807 e. The molecule has 11 heavy (non-hydrogen) atoms. The molecule has 0 saturated carbocycles. The Morgan fingerprint density at radius 1 is 1.73 bits per heavy atom. The van der Waals surface area contributed by atoms with Crippen LogP contribution in [0.25, 0.3) is 0 Å². The highest BCUT2D eigenvalue weighted by atomic mass is 35.5. The van der Waals surface area contributed by atoms with E-state index in [9.17, 15) is 0 Å². The Morgan fingerprint density at radius 2 is 2.45 bits per heavy atom. The molecule has 0 heterocycles. The highest BCUT2D eigenvalue weighted by molar-refractivity contribution is 6.32. The van der Waals surface area contributed by atoms with Crippen LogP contribution in [0.15, 0.2) is 23.3 Å². The quantitative estimate of drug-likeness (QED) is 0.580. The third kappa shape index (κ3) is 2.25. The van der Waals surface area contributed by atoms with E-state index in [4.69, 9.17) is 28.5 Å². The zero-order valence-corrected chi connectivity index (χ0v) is 7.36. The predicted molar refractivity (Wildman–Crippen MR) is 46.5 cm³/mol. The molecule has 1 nitrogen and oxygen atoms in total. The molecule has 0 amide bonds. The zero-order valence-electron chi connectivity index (χ0n) is 5.85. The minimum atomic E-state index is -0.569. The number of hydrogen-bond acceptors (Lipinski definition) is 1. The summed E-state index contributed by atoms with van der Waals surface area (Å²) in [7, 11) is 0. The normalized spacial score (nSPS) is 29.4. The van der Waals surface area contributed by atoms with Crippen molar-refractivity contribution in [3.63, 3.8) is 0 Å². The standard InChI is InChI=1S/C8H7Cl2N/c9-7-2-1-3-8(10,6-7)4-5-11/h1-3H,4,6H2. The van der Waals surface area contributed by atoms with E-state index in [1.165, 1.54) is 0 Å². The first-order chi connectivity index (χ1) is 5.16. The van der Waals surface area contributed by atoms with Gasteiger partial charge in [0.15, 0.2) is 0 Å². The van der Waals surface area contributed by atoms with E-state index in [2.05, 4.69) is 0 Å². The molecule has 1 aliphatic rings. The fourth-order valence-electron chi connectivity index (χ4n) is 0.976. The van der Waals surface area contributed by atoms with Crippen LogP contribution in [0.1, 0.15) is 12.8 Å². The van der Waals surface area contributed by atoms with Crippen molar-refractivity contribution in [2.24, 2.45) is 0 Å². The largest absolute Gasteiger partial charge is 0.198 e. The Balaban J connectivity index is 2.71. The molecule has 0 fully saturated rings. The van der Waals surface area contributed by atoms with Gasteiger partial charge in [-0.3, -0.25) is 0 Å². The van der Waals surface area contributed by atoms with Crippen molar-refractivity contribution >= 4 is 23.2 Å². The van der Waals surface area contributed by atoms with Crippen LogP contribution in [-0.4, -0.2) is 4.87 Å². The minimum absolute atomic E-state index is 0.301. The Morgan fingerprint density at radius 3 is 3.00 bits per heavy atom. The Labute approximate surface area is 75.9 Å². The van der Waals surface area contributed by atoms with E-state index in [-0.39, 0.29) is 0 Å². The molecular formula is C8H7Cl2N. The van der Waals surface area contributed by atoms with Gasteiger partial charge >= 0.3 is 0 Å². The second-order valence-corrected chi connectivity index (χ2v) is 3.76. The number of allylic oxidation sites excluding steroid dienone is 4. The fourth-order valence-corrected chi connectivity index (χ4v) is 1.63. The Kier molecular flexibility index (Phi) is 2.59. The summed E-state index contributed by atoms with van der Waals surface area (Å²) >= 11 is 11.8. The van der Waals surface area contributed by atoms with Gasteiger partial charge < -0.3 is 0 Å². The second kappa shape index (κ2) is 3.30. The molecule has 1 unspecified atom stereocenters. The number of nitriles is 1. The topological polar surface area (TPSA) is 23.8 Å². The van der Waals surface area contributed by atoms with E-state index >= 15 is 0 Å². The maximum Gasteiger partial charge on any atom is 0.0807 e. The van der Waals surface area contributed by atoms with Gasteiger partial charge in [0.25, 0.3) is 0 Å². The Hall–Kier alpha value is -0.450. The van der Waals surface area contributed by atoms with Crippen molar-refractivity contribution in [3.05, 3.63) is 23.3 Å². The van der Waals surface area contributed by atoms with Gasteiger partial charge in [0.05, 0.1) is 17.4 Å². The molecule has 0 aromatic heterocycles. The first-order valence-electron chi connectivity index (χ1n) is 3.26. The van der Waals surface area contributed by atoms with Crippen molar-refractivity contribution in [3.8, 4) is 6.07 Å². The van der Waals surface area contributed by atoms with E-state index in [0.29, 0.717) is 17.9 Å². The van der Waals surface area contributed by atoms with Crippen LogP contribution in [0, 0.1) is 11.3 Å². The zero-order chi connectivity index (χ0) is 8.32. The highest BCUT2D eigenvalue weighted by Gasteiger charge is 2.26. The van der Waals surface area contributed by atoms with Gasteiger partial charge in [0, 0.05) is 11.5 Å². The van der Waals surface area contributed by atoms with E-state index in [0.717, 1.165) is 0 Å². The van der Waals surface area contributed by atoms with Gasteiger partial charge in [-0.05, 0) is 6.08 Å². The summed E-state index contributed by atoms with van der Waals surface area (Å²) in [5.41, 5.74) is 0. The predicted octanol–water partition coefficient (Wildman–Crippen LogP) is 2.96. The van der Waals surface area contributed by atoms with Crippen LogP contribution < -0.4 is 0 Å². The molecule has 1 atom stereocenters. The minimum Gasteiger partial charge on any atom is -0.198 e. The van der Waals surface area contributed by atoms with Crippen molar-refractivity contribution in [1.82, 2.24) is 0 Å². The number of rotatable bonds is 1. The van der Waals surface area contributed by atoms with Crippen molar-refractivity contribution in [2.75, 3.05) is 0 Å². The number of halogens is 2. The molecule has 0 N–H and O–H groups in total. The number of hydrogen-bond donors (Lipinski definition) is 0. The summed E-state index contributed by atoms with van der Waals surface area (Å²) in [5.74, 6) is 0. The molecule has 58 valence electrons. The van der Waals surface area contributed by atoms with Crippen LogP contribution >= 0.6 is 23.2 Å². The summed E-state index contributed by atoms with van der Waals surface area (Å²) < 4.78 is 0. The van der Waals surface area contributed by atoms with Crippen LogP contribution in [-0.2, 0) is 0 Å². The molecule has 3 heteroatoms. The number of nitrogens with zero attached hydrogens (tertiary/aromatic N) is 1. The van der Waals surface area contributed by atoms with Gasteiger partial charge in [-0.25, -0.2) is 0 Å². The summed E-state index contributed by atoms with van der Waals surface area (Å²) in [5, 5.41) is 9.15. The van der Waals surface area contributed by atoms with Gasteiger partial charge in [-0.2, -0.15) is 5.26 Å². The third-order valence-corrected chi connectivity index (χ3v) is 2.16. The monoisotopic (exact) mass is 187 g/mol. The maximum atomic E-state index is 8.44. The van der Waals surface area contributed by atoms with Gasteiger partial charge in [-0.15, -0.1) is 11.6 Å². The molecule has 0 aliphatic heterocycles. The van der Waals surface area contributed by atoms with Crippen molar-refractivity contribution in [2.45, 2.75) is 17.7 Å². The van der Waals surface area contributed by atoms with Crippen LogP contribution in [0.2, 0.25) is 0 Å². The lowest BCUT2D eigenvalue weighted by Gasteiger charge is -2.21. The van der Waals surface area contributed by atoms with E-state index < -0.39 is 4.87 Å². The molecule has 0 radical (unpaired) electrons. The summed E-state index contributed by atoms with van der Waals surface area (Å²) in [4.78, 5) is -0.569. The molecule has 1 rings (SSSR count). The molecular weight excluding hydrogens is 181 g/mol. The Bertz CT molecular complexity index is 249. The molecule has 0 spiro atoms. The highest BCUT2D eigenvalue weighted by Crippen LogP contribution is 2.33. The SMILES string of the molecule is N#CCC1(Cl)C=CC=C(Cl)C1. The fraction of sp³-hybridized carbons (Fsp3) is 0.375. The second-order valence-electron chi connectivity index (χ2n) is 2.52. The molecule has 1 aliphatic carbocycles. The van der Waals surface area contributed by atoms with E-state index in [1.807, 2.05) is 12.1 Å². The average Bonchev–Trinajstić information content (AvgIpc) is 1.86. The summed E-state index contributed by atoms with van der Waals surface area (Å²) in [6.07, 6.45) is 6.24. The van der Waals surface area contributed by atoms with Crippen LogP contribution in [0.5, 0.6) is 0 Å². The maximum absolute atomic E-state index is 8.44. The molecule has 0 aromatic rings. The van der Waals surface area contributed by atoms with Gasteiger partial charge in [0.1, 0.15) is 0 Å². The van der Waals surface area contributed by atoms with E-state index in [1.54, 1.807) is 12.2 Å². The lowest BCUT2D eigenvalue weighted by molar-refractivity contribution is 0.713. The number of alkyl halides is 1. The van der Waals surface area contributed by atoms with Crippen molar-refractivity contribution < 1.29 is 0 Å². The molecule has 0 aromatic carbocycles. The average molecular weight is 188 g/mol. The van der Waals surface area contributed by atoms with Gasteiger partial charge in [-0.1, -0.05) is 23.8 Å². The summed E-state index contributed by atoms with van der Waals surface area (Å²) in [6, 6.07) is 2.03. The summed E-state index contributed by atoms with van der Waals surface area (Å²) in [6.45, 7) is 0. The first kappa shape index (κ1) is 8.64.